The van der Waals surface area contributed by atoms with Crippen LogP contribution < -0.4 is 16.0 Å². The highest BCUT2D eigenvalue weighted by molar-refractivity contribution is 6.07. The molecule has 2 aliphatic rings. The van der Waals surface area contributed by atoms with E-state index >= 15 is 0 Å². The van der Waals surface area contributed by atoms with Gasteiger partial charge in [0.05, 0.1) is 30.0 Å². The lowest BCUT2D eigenvalue weighted by Gasteiger charge is -2.53. The van der Waals surface area contributed by atoms with Gasteiger partial charge in [0.25, 0.3) is 11.8 Å². The summed E-state index contributed by atoms with van der Waals surface area (Å²) in [6.45, 7) is 3.23. The van der Waals surface area contributed by atoms with Gasteiger partial charge in [0.1, 0.15) is 5.82 Å². The molecule has 2 aromatic carbocycles. The summed E-state index contributed by atoms with van der Waals surface area (Å²) < 4.78 is 58.7. The zero-order valence-corrected chi connectivity index (χ0v) is 20.3. The number of rotatable bonds is 6. The van der Waals surface area contributed by atoms with Crippen LogP contribution in [0.15, 0.2) is 54.7 Å². The molecule has 38 heavy (non-hydrogen) atoms. The zero-order chi connectivity index (χ0) is 27.1. The van der Waals surface area contributed by atoms with Gasteiger partial charge in [0.2, 0.25) is 0 Å². The number of hydrogen-bond acceptors (Lipinski definition) is 5. The SMILES string of the molecule is Cc1ccccc1Nc1ncc(C(=O)NC2CC3(COC3)C2)cc1NC(=O)c1cc(F)cc(C(F)(F)F)c1. The molecular formula is C27H24F4N4O3. The van der Waals surface area contributed by atoms with E-state index in [0.717, 1.165) is 18.4 Å². The number of anilines is 3. The monoisotopic (exact) mass is 528 g/mol. The van der Waals surface area contributed by atoms with Gasteiger partial charge in [0, 0.05) is 28.9 Å². The van der Waals surface area contributed by atoms with Crippen LogP contribution in [0, 0.1) is 18.2 Å². The third kappa shape index (κ3) is 5.33. The van der Waals surface area contributed by atoms with Crippen LogP contribution in [0.1, 0.15) is 44.7 Å². The van der Waals surface area contributed by atoms with Crippen molar-refractivity contribution in [3.63, 3.8) is 0 Å². The fraction of sp³-hybridized carbons (Fsp3) is 0.296. The molecule has 2 amide bonds. The van der Waals surface area contributed by atoms with E-state index in [-0.39, 0.29) is 28.5 Å². The minimum Gasteiger partial charge on any atom is -0.380 e. The third-order valence-electron chi connectivity index (χ3n) is 6.79. The van der Waals surface area contributed by atoms with E-state index in [0.29, 0.717) is 37.1 Å². The number of carbonyl (C=O) groups excluding carboxylic acids is 2. The van der Waals surface area contributed by atoms with E-state index < -0.39 is 34.9 Å². The average Bonchev–Trinajstić information content (AvgIpc) is 2.81. The molecule has 3 aromatic rings. The van der Waals surface area contributed by atoms with Crippen molar-refractivity contribution in [2.75, 3.05) is 23.8 Å². The van der Waals surface area contributed by atoms with Crippen molar-refractivity contribution in [2.45, 2.75) is 32.0 Å². The van der Waals surface area contributed by atoms with E-state index in [1.807, 2.05) is 19.1 Å². The predicted octanol–water partition coefficient (Wildman–Crippen LogP) is 5.45. The van der Waals surface area contributed by atoms with Crippen molar-refractivity contribution >= 4 is 29.0 Å². The van der Waals surface area contributed by atoms with Gasteiger partial charge in [-0.1, -0.05) is 18.2 Å². The number of nitrogens with zero attached hydrogens (tertiary/aromatic N) is 1. The lowest BCUT2D eigenvalue weighted by atomic mass is 9.64. The Morgan fingerprint density at radius 3 is 2.39 bits per heavy atom. The van der Waals surface area contributed by atoms with E-state index in [2.05, 4.69) is 20.9 Å². The molecule has 198 valence electrons. The normalized spacial score (nSPS) is 16.3. The zero-order valence-electron chi connectivity index (χ0n) is 20.3. The summed E-state index contributed by atoms with van der Waals surface area (Å²) in [5, 5.41) is 8.50. The molecule has 0 radical (unpaired) electrons. The maximum absolute atomic E-state index is 13.9. The largest absolute Gasteiger partial charge is 0.416 e. The number of halogens is 4. The molecule has 1 aliphatic carbocycles. The molecule has 0 bridgehead atoms. The molecular weight excluding hydrogens is 504 g/mol. The van der Waals surface area contributed by atoms with Crippen molar-refractivity contribution < 1.29 is 31.9 Å². The lowest BCUT2D eigenvalue weighted by molar-refractivity contribution is -0.165. The van der Waals surface area contributed by atoms with Crippen LogP contribution >= 0.6 is 0 Å². The smallest absolute Gasteiger partial charge is 0.380 e. The van der Waals surface area contributed by atoms with E-state index in [1.54, 1.807) is 12.1 Å². The Labute approximate surface area is 215 Å². The fourth-order valence-corrected chi connectivity index (χ4v) is 4.69. The molecule has 0 atom stereocenters. The average molecular weight is 529 g/mol. The number of para-hydroxylation sites is 1. The van der Waals surface area contributed by atoms with Crippen LogP contribution in [0.2, 0.25) is 0 Å². The van der Waals surface area contributed by atoms with Crippen molar-refractivity contribution in [3.05, 3.63) is 82.8 Å². The maximum Gasteiger partial charge on any atom is 0.416 e. The molecule has 11 heteroatoms. The number of ether oxygens (including phenoxy) is 1. The van der Waals surface area contributed by atoms with Crippen LogP contribution in [0.5, 0.6) is 0 Å². The first-order chi connectivity index (χ1) is 18.0. The summed E-state index contributed by atoms with van der Waals surface area (Å²) in [4.78, 5) is 30.1. The van der Waals surface area contributed by atoms with Gasteiger partial charge in [-0.05, 0) is 55.7 Å². The summed E-state index contributed by atoms with van der Waals surface area (Å²) in [7, 11) is 0. The molecule has 3 N–H and O–H groups in total. The first-order valence-electron chi connectivity index (χ1n) is 11.9. The topological polar surface area (TPSA) is 92.3 Å². The van der Waals surface area contributed by atoms with Crippen molar-refractivity contribution in [2.24, 2.45) is 5.41 Å². The van der Waals surface area contributed by atoms with Crippen LogP contribution in [0.4, 0.5) is 34.8 Å². The Morgan fingerprint density at radius 1 is 1.00 bits per heavy atom. The van der Waals surface area contributed by atoms with Crippen LogP contribution in [-0.4, -0.2) is 36.1 Å². The Hall–Kier alpha value is -3.99. The van der Waals surface area contributed by atoms with Gasteiger partial charge >= 0.3 is 6.18 Å². The summed E-state index contributed by atoms with van der Waals surface area (Å²) in [5.74, 6) is -2.44. The maximum atomic E-state index is 13.9. The Balaban J connectivity index is 1.41. The molecule has 2 fully saturated rings. The Bertz CT molecular complexity index is 1400. The van der Waals surface area contributed by atoms with Gasteiger partial charge in [-0.2, -0.15) is 13.2 Å². The highest BCUT2D eigenvalue weighted by Gasteiger charge is 2.50. The van der Waals surface area contributed by atoms with Gasteiger partial charge in [-0.25, -0.2) is 9.37 Å². The van der Waals surface area contributed by atoms with Gasteiger partial charge < -0.3 is 20.7 Å². The van der Waals surface area contributed by atoms with Crippen molar-refractivity contribution in [1.29, 1.82) is 0 Å². The second kappa shape index (κ2) is 9.71. The first-order valence-corrected chi connectivity index (χ1v) is 11.9. The number of aromatic nitrogens is 1. The number of hydrogen-bond donors (Lipinski definition) is 3. The van der Waals surface area contributed by atoms with E-state index in [9.17, 15) is 27.2 Å². The van der Waals surface area contributed by atoms with Crippen LogP contribution in [-0.2, 0) is 10.9 Å². The number of nitrogens with one attached hydrogen (secondary N) is 3. The Kier molecular flexibility index (Phi) is 6.56. The third-order valence-corrected chi connectivity index (χ3v) is 6.79. The molecule has 5 rings (SSSR count). The molecule has 1 saturated heterocycles. The molecule has 7 nitrogen and oxygen atoms in total. The van der Waals surface area contributed by atoms with E-state index in [4.69, 9.17) is 4.74 Å². The molecule has 2 heterocycles. The minimum atomic E-state index is -4.83. The summed E-state index contributed by atoms with van der Waals surface area (Å²) in [5.41, 5.74) is 0.0563. The number of alkyl halides is 3. The predicted molar refractivity (Wildman–Crippen MR) is 132 cm³/mol. The number of pyridine rings is 1. The quantitative estimate of drug-likeness (QED) is 0.370. The number of amides is 2. The first kappa shape index (κ1) is 25.7. The second-order valence-electron chi connectivity index (χ2n) is 9.81. The summed E-state index contributed by atoms with van der Waals surface area (Å²) in [6, 6.07) is 10.2. The van der Waals surface area contributed by atoms with Gasteiger partial charge in [-0.15, -0.1) is 0 Å². The molecule has 1 aliphatic heterocycles. The van der Waals surface area contributed by atoms with Crippen LogP contribution in [0.3, 0.4) is 0 Å². The van der Waals surface area contributed by atoms with Gasteiger partial charge in [-0.3, -0.25) is 9.59 Å². The highest BCUT2D eigenvalue weighted by Crippen LogP contribution is 2.47. The standard InChI is InChI=1S/C27H24F4N4O3/c1-15-4-2-3-5-21(15)34-23-22(35-24(36)16-6-18(27(29,30)31)9-19(28)7-16)8-17(12-32-23)25(37)33-20-10-26(11-20)13-38-14-26/h2-9,12,20H,10-11,13-14H2,1H3,(H,32,34)(H,33,37)(H,35,36). The molecule has 1 aromatic heterocycles. The van der Waals surface area contributed by atoms with Crippen LogP contribution in [0.25, 0.3) is 0 Å². The summed E-state index contributed by atoms with van der Waals surface area (Å²) >= 11 is 0. The number of aryl methyl sites for hydroxylation is 1. The Morgan fingerprint density at radius 2 is 1.74 bits per heavy atom. The number of carbonyl (C=O) groups is 2. The lowest BCUT2D eigenvalue weighted by Crippen LogP contribution is -2.59. The minimum absolute atomic E-state index is 0.0118. The number of benzene rings is 2. The fourth-order valence-electron chi connectivity index (χ4n) is 4.69. The molecule has 1 spiro atoms. The highest BCUT2D eigenvalue weighted by atomic mass is 19.4. The van der Waals surface area contributed by atoms with E-state index in [1.165, 1.54) is 12.3 Å². The molecule has 1 saturated carbocycles. The van der Waals surface area contributed by atoms with Gasteiger partial charge in [0.15, 0.2) is 5.82 Å². The summed E-state index contributed by atoms with van der Waals surface area (Å²) in [6.07, 6.45) is -1.87. The second-order valence-corrected chi connectivity index (χ2v) is 9.81. The van der Waals surface area contributed by atoms with Crippen molar-refractivity contribution in [1.82, 2.24) is 10.3 Å². The van der Waals surface area contributed by atoms with Crippen molar-refractivity contribution in [3.8, 4) is 0 Å². The molecule has 0 unspecified atom stereocenters.